The second kappa shape index (κ2) is 8.46. The zero-order valence-corrected chi connectivity index (χ0v) is 18.5. The predicted octanol–water partition coefficient (Wildman–Crippen LogP) is 6.67. The fraction of sp³-hybridized carbons (Fsp3) is 0.0345. The molecular formula is C29H23N4O+. The van der Waals surface area contributed by atoms with Gasteiger partial charge < -0.3 is 4.74 Å². The number of ether oxygens (including phenoxy) is 1. The van der Waals surface area contributed by atoms with Gasteiger partial charge in [0.2, 0.25) is 12.0 Å². The van der Waals surface area contributed by atoms with Gasteiger partial charge in [0.25, 0.3) is 0 Å². The first-order valence-corrected chi connectivity index (χ1v) is 11.2. The lowest BCUT2D eigenvalue weighted by atomic mass is 9.96. The van der Waals surface area contributed by atoms with E-state index < -0.39 is 0 Å². The highest BCUT2D eigenvalue weighted by molar-refractivity contribution is 6.03. The summed E-state index contributed by atoms with van der Waals surface area (Å²) in [6.07, 6.45) is 9.31. The Kier molecular flexibility index (Phi) is 5.02. The Balaban J connectivity index is 1.41. The molecule has 0 amide bonds. The first-order valence-electron chi connectivity index (χ1n) is 11.2. The number of rotatable bonds is 6. The lowest BCUT2D eigenvalue weighted by Crippen LogP contribution is -2.45. The molecule has 4 aromatic carbocycles. The Morgan fingerprint density at radius 1 is 0.824 bits per heavy atom. The van der Waals surface area contributed by atoms with Crippen LogP contribution >= 0.6 is 0 Å². The van der Waals surface area contributed by atoms with Crippen LogP contribution in [0, 0.1) is 0 Å². The molecule has 0 radical (unpaired) electrons. The third-order valence-electron chi connectivity index (χ3n) is 6.08. The van der Waals surface area contributed by atoms with E-state index in [1.54, 1.807) is 6.20 Å². The van der Waals surface area contributed by atoms with Crippen molar-refractivity contribution >= 4 is 29.0 Å². The third-order valence-corrected chi connectivity index (χ3v) is 6.08. The van der Waals surface area contributed by atoms with Gasteiger partial charge in [0.05, 0.1) is 24.3 Å². The molecule has 2 aliphatic rings. The largest absolute Gasteiger partial charge is 0.489 e. The van der Waals surface area contributed by atoms with Crippen LogP contribution in [0.2, 0.25) is 0 Å². The number of hydrogen-bond acceptors (Lipinski definition) is 4. The van der Waals surface area contributed by atoms with E-state index in [0.717, 1.165) is 33.8 Å². The smallest absolute Gasteiger partial charge is 0.225 e. The maximum atomic E-state index is 6.14. The molecule has 1 unspecified atom stereocenters. The number of nitrogens with one attached hydrogen (secondary N) is 1. The summed E-state index contributed by atoms with van der Waals surface area (Å²) in [5.41, 5.74) is 8.99. The summed E-state index contributed by atoms with van der Waals surface area (Å²) in [6, 6.07) is 31.2. The third kappa shape index (κ3) is 3.68. The molecule has 0 spiro atoms. The van der Waals surface area contributed by atoms with Crippen molar-refractivity contribution in [2.24, 2.45) is 9.98 Å². The van der Waals surface area contributed by atoms with Crippen molar-refractivity contribution in [1.29, 1.82) is 0 Å². The molecule has 0 aliphatic carbocycles. The monoisotopic (exact) mass is 443 g/mol. The summed E-state index contributed by atoms with van der Waals surface area (Å²) in [4.78, 5) is 8.66. The number of nitrogens with zero attached hydrogens (tertiary/aromatic N) is 3. The average molecular weight is 444 g/mol. The Hall–Kier alpha value is -4.48. The summed E-state index contributed by atoms with van der Waals surface area (Å²) in [5, 5.41) is 2.35. The molecule has 0 fully saturated rings. The fourth-order valence-electron chi connectivity index (χ4n) is 4.38. The molecule has 1 atom stereocenters. The van der Waals surface area contributed by atoms with Crippen molar-refractivity contribution in [3.05, 3.63) is 121 Å². The normalized spacial score (nSPS) is 18.1. The van der Waals surface area contributed by atoms with Gasteiger partial charge in [-0.05, 0) is 40.1 Å². The van der Waals surface area contributed by atoms with Gasteiger partial charge in [-0.1, -0.05) is 72.8 Å². The maximum Gasteiger partial charge on any atom is 0.225 e. The van der Waals surface area contributed by atoms with E-state index in [1.807, 2.05) is 55.3 Å². The van der Waals surface area contributed by atoms with Gasteiger partial charge >= 0.3 is 0 Å². The van der Waals surface area contributed by atoms with E-state index in [9.17, 15) is 0 Å². The molecule has 5 nitrogen and oxygen atoms in total. The molecule has 0 saturated heterocycles. The van der Waals surface area contributed by atoms with E-state index in [2.05, 4.69) is 76.1 Å². The molecule has 0 aromatic heterocycles. The summed E-state index contributed by atoms with van der Waals surface area (Å²) in [7, 11) is 0. The number of hydrogen-bond donors (Lipinski definition) is 1. The molecule has 164 valence electrons. The van der Waals surface area contributed by atoms with E-state index in [1.165, 1.54) is 10.8 Å². The number of quaternary nitrogens is 1. The minimum atomic E-state index is 0.291. The zero-order valence-electron chi connectivity index (χ0n) is 18.5. The van der Waals surface area contributed by atoms with Crippen molar-refractivity contribution < 1.29 is 9.33 Å². The van der Waals surface area contributed by atoms with E-state index in [0.29, 0.717) is 11.2 Å². The van der Waals surface area contributed by atoms with Gasteiger partial charge in [-0.2, -0.15) is 0 Å². The average Bonchev–Trinajstić information content (AvgIpc) is 3.32. The first-order chi connectivity index (χ1) is 16.8. The molecule has 5 heteroatoms. The van der Waals surface area contributed by atoms with Gasteiger partial charge in [-0.3, -0.25) is 4.99 Å². The topological polar surface area (TPSA) is 46.0 Å². The first kappa shape index (κ1) is 20.1. The molecule has 6 rings (SSSR count). The van der Waals surface area contributed by atoms with E-state index in [4.69, 9.17) is 4.74 Å². The quantitative estimate of drug-likeness (QED) is 0.338. The number of aliphatic imine (C=N–C) groups is 2. The standard InChI is InChI=1S/C29H23N4O/c1-2-7-22(8-3-1)20-34-26-11-6-10-24(17-26)29-27-12-5-4-9-23(27)13-14-28(29)32-33-16-15-30-18-25(33)19-31-21-33/h1-19,21,32H,20H2/q+1. The highest BCUT2D eigenvalue weighted by Crippen LogP contribution is 2.39. The number of anilines is 1. The summed E-state index contributed by atoms with van der Waals surface area (Å²) in [6.45, 7) is 0.527. The van der Waals surface area contributed by atoms with Crippen LogP contribution in [0.3, 0.4) is 0 Å². The molecule has 0 saturated carbocycles. The van der Waals surface area contributed by atoms with Gasteiger partial charge in [0.1, 0.15) is 12.4 Å². The van der Waals surface area contributed by atoms with Crippen molar-refractivity contribution in [1.82, 2.24) is 0 Å². The van der Waals surface area contributed by atoms with Crippen LogP contribution in [0.15, 0.2) is 125 Å². The van der Waals surface area contributed by atoms with Crippen LogP contribution in [-0.2, 0) is 6.61 Å². The van der Waals surface area contributed by atoms with Crippen LogP contribution in [0.1, 0.15) is 5.56 Å². The maximum absolute atomic E-state index is 6.14. The van der Waals surface area contributed by atoms with Crippen LogP contribution < -0.4 is 10.2 Å². The second-order valence-corrected chi connectivity index (χ2v) is 8.30. The molecule has 2 heterocycles. The molecular weight excluding hydrogens is 420 g/mol. The SMILES string of the molecule is C1=C[N+]2(Nc3ccc4ccccc4c3-c3cccc(OCc4ccccc4)c3)C=NC=C2C=N1. The van der Waals surface area contributed by atoms with Crippen molar-refractivity contribution in [2.75, 3.05) is 5.43 Å². The van der Waals surface area contributed by atoms with Crippen molar-refractivity contribution in [3.8, 4) is 16.9 Å². The zero-order chi connectivity index (χ0) is 22.8. The Morgan fingerprint density at radius 3 is 2.65 bits per heavy atom. The van der Waals surface area contributed by atoms with E-state index >= 15 is 0 Å². The van der Waals surface area contributed by atoms with Gasteiger partial charge in [0.15, 0.2) is 6.20 Å². The lowest BCUT2D eigenvalue weighted by Gasteiger charge is -2.29. The number of benzene rings is 4. The van der Waals surface area contributed by atoms with Crippen LogP contribution in [0.4, 0.5) is 5.69 Å². The van der Waals surface area contributed by atoms with Crippen LogP contribution in [-0.4, -0.2) is 17.1 Å². The predicted molar refractivity (Wildman–Crippen MR) is 138 cm³/mol. The Bertz CT molecular complexity index is 1490. The second-order valence-electron chi connectivity index (χ2n) is 8.30. The van der Waals surface area contributed by atoms with Gasteiger partial charge in [-0.25, -0.2) is 10.4 Å². The number of fused-ring (bicyclic) bond motifs is 2. The van der Waals surface area contributed by atoms with E-state index in [-0.39, 0.29) is 0 Å². The highest BCUT2D eigenvalue weighted by Gasteiger charge is 2.35. The minimum Gasteiger partial charge on any atom is -0.489 e. The van der Waals surface area contributed by atoms with Gasteiger partial charge in [-0.15, -0.1) is 4.59 Å². The summed E-state index contributed by atoms with van der Waals surface area (Å²) < 4.78 is 6.43. The number of allylic oxidation sites excluding steroid dienone is 1. The van der Waals surface area contributed by atoms with Crippen LogP contribution in [0.25, 0.3) is 21.9 Å². The minimum absolute atomic E-state index is 0.291. The van der Waals surface area contributed by atoms with Crippen molar-refractivity contribution in [2.45, 2.75) is 6.61 Å². The van der Waals surface area contributed by atoms with Gasteiger partial charge in [0, 0.05) is 5.56 Å². The molecule has 4 aromatic rings. The Morgan fingerprint density at radius 2 is 1.71 bits per heavy atom. The molecule has 0 bridgehead atoms. The summed E-state index contributed by atoms with van der Waals surface area (Å²) >= 11 is 0. The highest BCUT2D eigenvalue weighted by atomic mass is 16.5. The molecule has 34 heavy (non-hydrogen) atoms. The molecule has 2 aliphatic heterocycles. The fourth-order valence-corrected chi connectivity index (χ4v) is 4.38. The lowest BCUT2D eigenvalue weighted by molar-refractivity contribution is -0.704. The summed E-state index contributed by atoms with van der Waals surface area (Å²) in [5.74, 6) is 0.834. The van der Waals surface area contributed by atoms with Crippen LogP contribution in [0.5, 0.6) is 5.75 Å². The van der Waals surface area contributed by atoms with Crippen molar-refractivity contribution in [3.63, 3.8) is 0 Å². The Labute approximate surface area is 198 Å². The molecule has 1 N–H and O–H groups in total.